The average Bonchev–Trinajstić information content (AvgIpc) is 2.63. The number of hydrogen-bond donors (Lipinski definition) is 2. The van der Waals surface area contributed by atoms with Crippen LogP contribution in [0.3, 0.4) is 0 Å². The summed E-state index contributed by atoms with van der Waals surface area (Å²) in [5.41, 5.74) is 0.416. The van der Waals surface area contributed by atoms with Gasteiger partial charge in [0.15, 0.2) is 4.21 Å². The molecule has 3 atom stereocenters. The van der Waals surface area contributed by atoms with E-state index < -0.39 is 10.0 Å². The van der Waals surface area contributed by atoms with E-state index in [4.69, 9.17) is 0 Å². The van der Waals surface area contributed by atoms with Gasteiger partial charge in [-0.2, -0.15) is 0 Å². The third kappa shape index (κ3) is 3.27. The number of aryl methyl sites for hydroxylation is 1. The van der Waals surface area contributed by atoms with E-state index in [0.717, 1.165) is 30.6 Å². The zero-order valence-electron chi connectivity index (χ0n) is 11.4. The van der Waals surface area contributed by atoms with Gasteiger partial charge in [0.1, 0.15) is 0 Å². The van der Waals surface area contributed by atoms with Crippen LogP contribution < -0.4 is 9.60 Å². The van der Waals surface area contributed by atoms with Crippen LogP contribution in [0.4, 0.5) is 0 Å². The molecule has 1 saturated carbocycles. The summed E-state index contributed by atoms with van der Waals surface area (Å²) < 4.78 is 27.4. The van der Waals surface area contributed by atoms with Crippen molar-refractivity contribution in [2.24, 2.45) is 11.8 Å². The number of nitrogens with one attached hydrogen (secondary N) is 2. The summed E-state index contributed by atoms with van der Waals surface area (Å²) in [7, 11) is -3.57. The molecule has 0 spiro atoms. The van der Waals surface area contributed by atoms with Gasteiger partial charge in [-0.05, 0) is 38.0 Å². The highest BCUT2D eigenvalue weighted by Gasteiger charge is 2.29. The SMILES string of the molecule is Cc1[nH]c(=O)sc1S(=O)(=O)NC1CCC(C)C(C)C1. The molecule has 1 aromatic heterocycles. The fourth-order valence-corrected chi connectivity index (χ4v) is 5.18. The van der Waals surface area contributed by atoms with Crippen LogP contribution in [0, 0.1) is 18.8 Å². The maximum atomic E-state index is 12.3. The summed E-state index contributed by atoms with van der Waals surface area (Å²) in [6.07, 6.45) is 2.76. The van der Waals surface area contributed by atoms with E-state index in [-0.39, 0.29) is 15.1 Å². The number of aromatic nitrogens is 1. The lowest BCUT2D eigenvalue weighted by molar-refractivity contribution is 0.242. The van der Waals surface area contributed by atoms with Gasteiger partial charge < -0.3 is 4.98 Å². The molecule has 1 aromatic rings. The molecule has 0 radical (unpaired) electrons. The summed E-state index contributed by atoms with van der Waals surface area (Å²) in [5.74, 6) is 1.17. The largest absolute Gasteiger partial charge is 0.315 e. The van der Waals surface area contributed by atoms with Crippen molar-refractivity contribution in [2.45, 2.75) is 50.3 Å². The molecule has 0 bridgehead atoms. The van der Waals surface area contributed by atoms with Gasteiger partial charge in [0.2, 0.25) is 0 Å². The molecule has 108 valence electrons. The monoisotopic (exact) mass is 304 g/mol. The van der Waals surface area contributed by atoms with Gasteiger partial charge in [-0.25, -0.2) is 13.1 Å². The van der Waals surface area contributed by atoms with Crippen LogP contribution in [0.1, 0.15) is 38.8 Å². The Morgan fingerprint density at radius 1 is 1.26 bits per heavy atom. The minimum Gasteiger partial charge on any atom is -0.315 e. The number of rotatable bonds is 3. The number of H-pyrrole nitrogens is 1. The van der Waals surface area contributed by atoms with E-state index in [1.807, 2.05) is 0 Å². The Hall–Kier alpha value is -0.660. The Labute approximate surface area is 117 Å². The Balaban J connectivity index is 2.14. The summed E-state index contributed by atoms with van der Waals surface area (Å²) in [6, 6.07) is -0.0206. The Morgan fingerprint density at radius 2 is 1.95 bits per heavy atom. The first-order valence-corrected chi connectivity index (χ1v) is 8.81. The van der Waals surface area contributed by atoms with Crippen LogP contribution >= 0.6 is 11.3 Å². The Morgan fingerprint density at radius 3 is 2.47 bits per heavy atom. The van der Waals surface area contributed by atoms with E-state index >= 15 is 0 Å². The standard InChI is InChI=1S/C12H20N2O3S2/c1-7-4-5-10(6-8(7)2)14-19(16,17)11-9(3)13-12(15)18-11/h7-8,10,14H,4-6H2,1-3H3,(H,13,15). The molecule has 2 rings (SSSR count). The number of thiazole rings is 1. The maximum absolute atomic E-state index is 12.3. The highest BCUT2D eigenvalue weighted by atomic mass is 32.2. The molecule has 0 aliphatic heterocycles. The number of hydrogen-bond acceptors (Lipinski definition) is 4. The van der Waals surface area contributed by atoms with E-state index in [1.54, 1.807) is 6.92 Å². The highest BCUT2D eigenvalue weighted by molar-refractivity contribution is 7.91. The second kappa shape index (κ2) is 5.38. The third-order valence-electron chi connectivity index (χ3n) is 3.95. The van der Waals surface area contributed by atoms with Crippen LogP contribution in [-0.4, -0.2) is 19.4 Å². The molecule has 0 saturated heterocycles. The minimum absolute atomic E-state index is 0.0206. The van der Waals surface area contributed by atoms with Gasteiger partial charge in [0.05, 0.1) is 0 Å². The smallest absolute Gasteiger partial charge is 0.305 e. The number of sulfonamides is 1. The Bertz CT molecular complexity index is 603. The van der Waals surface area contributed by atoms with Crippen molar-refractivity contribution in [3.05, 3.63) is 15.4 Å². The van der Waals surface area contributed by atoms with E-state index in [2.05, 4.69) is 23.6 Å². The first kappa shape index (κ1) is 14.7. The molecule has 1 heterocycles. The van der Waals surface area contributed by atoms with Gasteiger partial charge >= 0.3 is 4.87 Å². The summed E-state index contributed by atoms with van der Waals surface area (Å²) in [6.45, 7) is 5.97. The van der Waals surface area contributed by atoms with Crippen molar-refractivity contribution < 1.29 is 8.42 Å². The Kier molecular flexibility index (Phi) is 4.17. The molecule has 1 fully saturated rings. The van der Waals surface area contributed by atoms with Crippen molar-refractivity contribution in [3.8, 4) is 0 Å². The van der Waals surface area contributed by atoms with Crippen LogP contribution in [0.5, 0.6) is 0 Å². The molecule has 0 amide bonds. The van der Waals surface area contributed by atoms with Crippen molar-refractivity contribution in [2.75, 3.05) is 0 Å². The van der Waals surface area contributed by atoms with E-state index in [1.165, 1.54) is 0 Å². The van der Waals surface area contributed by atoms with Crippen molar-refractivity contribution in [3.63, 3.8) is 0 Å². The second-order valence-electron chi connectivity index (χ2n) is 5.51. The van der Waals surface area contributed by atoms with Gasteiger partial charge in [0, 0.05) is 11.7 Å². The molecule has 1 aliphatic carbocycles. The minimum atomic E-state index is -3.57. The van der Waals surface area contributed by atoms with Gasteiger partial charge in [-0.1, -0.05) is 25.2 Å². The first-order valence-electron chi connectivity index (χ1n) is 6.51. The van der Waals surface area contributed by atoms with Crippen molar-refractivity contribution in [1.29, 1.82) is 0 Å². The lowest BCUT2D eigenvalue weighted by Gasteiger charge is -2.32. The molecule has 19 heavy (non-hydrogen) atoms. The van der Waals surface area contributed by atoms with Gasteiger partial charge in [-0.15, -0.1) is 0 Å². The molecule has 1 aliphatic rings. The quantitative estimate of drug-likeness (QED) is 0.894. The predicted octanol–water partition coefficient (Wildman–Crippen LogP) is 1.85. The molecular formula is C12H20N2O3S2. The van der Waals surface area contributed by atoms with Gasteiger partial charge in [-0.3, -0.25) is 4.79 Å². The maximum Gasteiger partial charge on any atom is 0.305 e. The molecule has 7 heteroatoms. The van der Waals surface area contributed by atoms with Crippen LogP contribution in [0.2, 0.25) is 0 Å². The zero-order valence-corrected chi connectivity index (χ0v) is 13.0. The number of aromatic amines is 1. The molecule has 5 nitrogen and oxygen atoms in total. The van der Waals surface area contributed by atoms with Crippen LogP contribution in [-0.2, 0) is 10.0 Å². The normalized spacial score (nSPS) is 28.5. The van der Waals surface area contributed by atoms with Crippen molar-refractivity contribution >= 4 is 21.4 Å². The fourth-order valence-electron chi connectivity index (χ4n) is 2.57. The lowest BCUT2D eigenvalue weighted by atomic mass is 9.79. The molecule has 2 N–H and O–H groups in total. The van der Waals surface area contributed by atoms with Crippen LogP contribution in [0.25, 0.3) is 0 Å². The van der Waals surface area contributed by atoms with E-state index in [0.29, 0.717) is 17.5 Å². The van der Waals surface area contributed by atoms with Crippen molar-refractivity contribution in [1.82, 2.24) is 9.71 Å². The van der Waals surface area contributed by atoms with Crippen LogP contribution in [0.15, 0.2) is 9.00 Å². The molecule has 0 aromatic carbocycles. The predicted molar refractivity (Wildman–Crippen MR) is 76.0 cm³/mol. The summed E-state index contributed by atoms with van der Waals surface area (Å²) >= 11 is 0.750. The second-order valence-corrected chi connectivity index (χ2v) is 8.41. The topological polar surface area (TPSA) is 79.0 Å². The fraction of sp³-hybridized carbons (Fsp3) is 0.750. The molecule has 3 unspecified atom stereocenters. The van der Waals surface area contributed by atoms with E-state index in [9.17, 15) is 13.2 Å². The highest BCUT2D eigenvalue weighted by Crippen LogP contribution is 2.30. The third-order valence-corrected chi connectivity index (χ3v) is 7.07. The first-order chi connectivity index (χ1) is 8.79. The summed E-state index contributed by atoms with van der Waals surface area (Å²) in [4.78, 5) is 13.4. The summed E-state index contributed by atoms with van der Waals surface area (Å²) in [5, 5.41) is 0. The molecular weight excluding hydrogens is 284 g/mol. The zero-order chi connectivity index (χ0) is 14.2. The van der Waals surface area contributed by atoms with Gasteiger partial charge in [0.25, 0.3) is 10.0 Å². The average molecular weight is 304 g/mol. The lowest BCUT2D eigenvalue weighted by Crippen LogP contribution is -2.39.